The standard InChI is InChI=1S/C11H10BrF7N2/c12-7-4-6(13)2-1-5(7)3-8(21-20)9(10(14,15)16)11(17,18)19/h1-2,4,8-9,21H,3,20H2. The molecular weight excluding hydrogens is 373 g/mol. The van der Waals surface area contributed by atoms with E-state index in [1.165, 1.54) is 0 Å². The zero-order valence-corrected chi connectivity index (χ0v) is 11.8. The highest BCUT2D eigenvalue weighted by molar-refractivity contribution is 9.10. The Balaban J connectivity index is 3.10. The van der Waals surface area contributed by atoms with Crippen LogP contribution in [-0.4, -0.2) is 18.4 Å². The van der Waals surface area contributed by atoms with Crippen LogP contribution in [0.2, 0.25) is 0 Å². The predicted molar refractivity (Wildman–Crippen MR) is 64.5 cm³/mol. The quantitative estimate of drug-likeness (QED) is 0.473. The summed E-state index contributed by atoms with van der Waals surface area (Å²) in [6.45, 7) is 0. The minimum Gasteiger partial charge on any atom is -0.271 e. The van der Waals surface area contributed by atoms with Crippen LogP contribution >= 0.6 is 15.9 Å². The van der Waals surface area contributed by atoms with Gasteiger partial charge in [0.25, 0.3) is 0 Å². The fourth-order valence-electron chi connectivity index (χ4n) is 1.84. The van der Waals surface area contributed by atoms with Crippen LogP contribution in [0.5, 0.6) is 0 Å². The lowest BCUT2D eigenvalue weighted by Gasteiger charge is -2.30. The summed E-state index contributed by atoms with van der Waals surface area (Å²) in [5.74, 6) is 0.548. The van der Waals surface area contributed by atoms with Gasteiger partial charge in [-0.25, -0.2) is 4.39 Å². The Kier molecular flexibility index (Phi) is 5.62. The molecule has 1 unspecified atom stereocenters. The lowest BCUT2D eigenvalue weighted by Crippen LogP contribution is -2.54. The number of hydrazine groups is 1. The molecule has 0 aliphatic rings. The van der Waals surface area contributed by atoms with Crippen molar-refractivity contribution in [1.29, 1.82) is 0 Å². The fraction of sp³-hybridized carbons (Fsp3) is 0.455. The van der Waals surface area contributed by atoms with E-state index in [2.05, 4.69) is 15.9 Å². The van der Waals surface area contributed by atoms with Crippen LogP contribution in [0.25, 0.3) is 0 Å². The first-order valence-electron chi connectivity index (χ1n) is 5.50. The average molecular weight is 383 g/mol. The number of halogens is 8. The summed E-state index contributed by atoms with van der Waals surface area (Å²) in [4.78, 5) is 0. The van der Waals surface area contributed by atoms with Crippen LogP contribution in [0.3, 0.4) is 0 Å². The summed E-state index contributed by atoms with van der Waals surface area (Å²) in [5.41, 5.74) is 1.62. The third-order valence-electron chi connectivity index (χ3n) is 2.78. The van der Waals surface area contributed by atoms with E-state index in [1.807, 2.05) is 0 Å². The Labute approximate surface area is 123 Å². The number of hydrogen-bond donors (Lipinski definition) is 2. The van der Waals surface area contributed by atoms with Crippen LogP contribution in [-0.2, 0) is 6.42 Å². The fourth-order valence-corrected chi connectivity index (χ4v) is 2.35. The van der Waals surface area contributed by atoms with Crippen molar-refractivity contribution >= 4 is 15.9 Å². The molecule has 0 saturated carbocycles. The molecule has 0 heterocycles. The summed E-state index contributed by atoms with van der Waals surface area (Å²) >= 11 is 2.88. The molecule has 0 aliphatic heterocycles. The first-order chi connectivity index (χ1) is 9.46. The normalized spacial score (nSPS) is 14.6. The van der Waals surface area contributed by atoms with Gasteiger partial charge in [-0.1, -0.05) is 22.0 Å². The van der Waals surface area contributed by atoms with Crippen LogP contribution in [0.1, 0.15) is 5.56 Å². The monoisotopic (exact) mass is 382 g/mol. The molecule has 1 atom stereocenters. The minimum atomic E-state index is -5.51. The van der Waals surface area contributed by atoms with Gasteiger partial charge >= 0.3 is 12.4 Å². The third kappa shape index (κ3) is 4.82. The van der Waals surface area contributed by atoms with Gasteiger partial charge in [0.15, 0.2) is 5.92 Å². The van der Waals surface area contributed by atoms with Crippen molar-refractivity contribution in [3.8, 4) is 0 Å². The Morgan fingerprint density at radius 2 is 1.62 bits per heavy atom. The highest BCUT2D eigenvalue weighted by atomic mass is 79.9. The van der Waals surface area contributed by atoms with Gasteiger partial charge in [-0.2, -0.15) is 26.3 Å². The maximum absolute atomic E-state index is 12.9. The third-order valence-corrected chi connectivity index (χ3v) is 3.51. The molecule has 1 aromatic carbocycles. The van der Waals surface area contributed by atoms with Crippen molar-refractivity contribution in [3.63, 3.8) is 0 Å². The first-order valence-corrected chi connectivity index (χ1v) is 6.29. The Morgan fingerprint density at radius 1 is 1.10 bits per heavy atom. The summed E-state index contributed by atoms with van der Waals surface area (Å²) in [6, 6.07) is 0.836. The maximum atomic E-state index is 12.9. The lowest BCUT2D eigenvalue weighted by molar-refractivity contribution is -0.291. The van der Waals surface area contributed by atoms with Gasteiger partial charge in [-0.3, -0.25) is 11.3 Å². The van der Waals surface area contributed by atoms with E-state index in [9.17, 15) is 30.7 Å². The summed E-state index contributed by atoms with van der Waals surface area (Å²) in [5, 5.41) is 0. The van der Waals surface area contributed by atoms with Crippen molar-refractivity contribution in [3.05, 3.63) is 34.1 Å². The Hall–Kier alpha value is -0.870. The van der Waals surface area contributed by atoms with Gasteiger partial charge in [0.1, 0.15) is 5.82 Å². The second-order valence-electron chi connectivity index (χ2n) is 4.27. The molecule has 21 heavy (non-hydrogen) atoms. The van der Waals surface area contributed by atoms with Crippen molar-refractivity contribution in [2.24, 2.45) is 11.8 Å². The van der Waals surface area contributed by atoms with Crippen molar-refractivity contribution in [2.45, 2.75) is 24.8 Å². The van der Waals surface area contributed by atoms with E-state index in [0.29, 0.717) is 0 Å². The lowest BCUT2D eigenvalue weighted by atomic mass is 9.92. The van der Waals surface area contributed by atoms with E-state index >= 15 is 0 Å². The molecule has 1 aromatic rings. The van der Waals surface area contributed by atoms with E-state index < -0.39 is 36.6 Å². The van der Waals surface area contributed by atoms with E-state index in [1.54, 1.807) is 5.43 Å². The van der Waals surface area contributed by atoms with Gasteiger partial charge in [0.2, 0.25) is 0 Å². The second kappa shape index (κ2) is 6.49. The molecule has 3 N–H and O–H groups in total. The van der Waals surface area contributed by atoms with Crippen LogP contribution in [0.15, 0.2) is 22.7 Å². The van der Waals surface area contributed by atoms with Crippen LogP contribution in [0, 0.1) is 11.7 Å². The van der Waals surface area contributed by atoms with E-state index in [-0.39, 0.29) is 10.0 Å². The second-order valence-corrected chi connectivity index (χ2v) is 5.13. The highest BCUT2D eigenvalue weighted by Crippen LogP contribution is 2.42. The molecule has 0 radical (unpaired) electrons. The molecule has 10 heteroatoms. The molecule has 0 bridgehead atoms. The summed E-state index contributed by atoms with van der Waals surface area (Å²) in [7, 11) is 0. The molecule has 2 nitrogen and oxygen atoms in total. The van der Waals surface area contributed by atoms with E-state index in [0.717, 1.165) is 18.2 Å². The number of rotatable bonds is 4. The molecule has 1 rings (SSSR count). The maximum Gasteiger partial charge on any atom is 0.402 e. The largest absolute Gasteiger partial charge is 0.402 e. The van der Waals surface area contributed by atoms with Crippen molar-refractivity contribution in [2.75, 3.05) is 0 Å². The van der Waals surface area contributed by atoms with Crippen LogP contribution < -0.4 is 11.3 Å². The number of hydrogen-bond acceptors (Lipinski definition) is 2. The summed E-state index contributed by atoms with van der Waals surface area (Å²) < 4.78 is 88.7. The van der Waals surface area contributed by atoms with Gasteiger partial charge in [0, 0.05) is 10.5 Å². The van der Waals surface area contributed by atoms with Crippen LogP contribution in [0.4, 0.5) is 30.7 Å². The molecule has 0 amide bonds. The van der Waals surface area contributed by atoms with E-state index in [4.69, 9.17) is 5.84 Å². The Morgan fingerprint density at radius 3 is 2.00 bits per heavy atom. The topological polar surface area (TPSA) is 38.0 Å². The average Bonchev–Trinajstić information content (AvgIpc) is 2.27. The van der Waals surface area contributed by atoms with Gasteiger partial charge in [-0.05, 0) is 24.1 Å². The molecule has 120 valence electrons. The molecule has 0 spiro atoms. The zero-order valence-electron chi connectivity index (χ0n) is 10.2. The van der Waals surface area contributed by atoms with Gasteiger partial charge < -0.3 is 0 Å². The van der Waals surface area contributed by atoms with Crippen molar-refractivity contribution < 1.29 is 30.7 Å². The number of benzene rings is 1. The molecular formula is C11H10BrF7N2. The molecule has 0 saturated heterocycles. The number of nitrogens with two attached hydrogens (primary N) is 1. The zero-order chi connectivity index (χ0) is 16.4. The molecule has 0 aliphatic carbocycles. The SMILES string of the molecule is NNC(Cc1ccc(F)cc1Br)C(C(F)(F)F)C(F)(F)F. The smallest absolute Gasteiger partial charge is 0.271 e. The number of nitrogens with one attached hydrogen (secondary N) is 1. The Bertz CT molecular complexity index is 472. The molecule has 0 fully saturated rings. The van der Waals surface area contributed by atoms with Crippen molar-refractivity contribution in [1.82, 2.24) is 5.43 Å². The van der Waals surface area contributed by atoms with Gasteiger partial charge in [0.05, 0.1) is 0 Å². The summed E-state index contributed by atoms with van der Waals surface area (Å²) in [6.07, 6.45) is -11.7. The highest BCUT2D eigenvalue weighted by Gasteiger charge is 2.60. The number of alkyl halides is 6. The molecule has 0 aromatic heterocycles. The first kappa shape index (κ1) is 18.2. The minimum absolute atomic E-state index is 0.0610. The van der Waals surface area contributed by atoms with Gasteiger partial charge in [-0.15, -0.1) is 0 Å². The predicted octanol–water partition coefficient (Wildman–Crippen LogP) is 3.70.